The summed E-state index contributed by atoms with van der Waals surface area (Å²) in [6, 6.07) is 14.4. The second-order valence-electron chi connectivity index (χ2n) is 8.78. The lowest BCUT2D eigenvalue weighted by Crippen LogP contribution is -2.30. The molecule has 1 aromatic heterocycles. The number of amides is 1. The van der Waals surface area contributed by atoms with Crippen molar-refractivity contribution in [3.8, 4) is 0 Å². The van der Waals surface area contributed by atoms with E-state index in [-0.39, 0.29) is 28.6 Å². The van der Waals surface area contributed by atoms with Crippen LogP contribution in [0.3, 0.4) is 0 Å². The van der Waals surface area contributed by atoms with E-state index in [1.54, 1.807) is 42.9 Å². The number of sulfonamides is 1. The maximum Gasteiger partial charge on any atom is 0.281 e. The van der Waals surface area contributed by atoms with Gasteiger partial charge in [0, 0.05) is 48.1 Å². The summed E-state index contributed by atoms with van der Waals surface area (Å²) in [5.41, 5.74) is 1.73. The highest BCUT2D eigenvalue weighted by atomic mass is 32.2. The molecule has 0 spiro atoms. The molecule has 1 aliphatic carbocycles. The first-order chi connectivity index (χ1) is 16.0. The van der Waals surface area contributed by atoms with Gasteiger partial charge in [-0.25, -0.2) is 0 Å². The molecule has 0 radical (unpaired) electrons. The van der Waals surface area contributed by atoms with Crippen molar-refractivity contribution in [2.24, 2.45) is 16.2 Å². The summed E-state index contributed by atoms with van der Waals surface area (Å²) in [4.78, 5) is 17.0. The fraction of sp³-hybridized carbons (Fsp3) is 0.320. The Morgan fingerprint density at radius 2 is 1.97 bits per heavy atom. The number of rotatable bonds is 6. The minimum Gasteiger partial charge on any atom is -0.326 e. The first-order valence-electron chi connectivity index (χ1n) is 11.3. The first-order valence-corrected chi connectivity index (χ1v) is 12.7. The van der Waals surface area contributed by atoms with Crippen molar-refractivity contribution in [1.82, 2.24) is 10.3 Å². The molecule has 2 fully saturated rings. The summed E-state index contributed by atoms with van der Waals surface area (Å²) in [6.45, 7) is 1.73. The summed E-state index contributed by atoms with van der Waals surface area (Å²) in [5, 5.41) is 8.30. The predicted octanol–water partition coefficient (Wildman–Crippen LogP) is 3.74. The lowest BCUT2D eigenvalue weighted by atomic mass is 10.0. The standard InChI is InChI=1S/C25H26N4O3S/c30-25(29-21-6-3-20-16-27-11-9-19(20)12-21)24-13-23(24)18-4-7-22(8-5-18)33(31,32)28-15-17-2-1-10-26-14-17/h3-9,11-12,15-17,23-24,26H,1-2,10,13-14H2,(H,29,30)/b28-15+. The molecular weight excluding hydrogens is 436 g/mol. The Balaban J connectivity index is 1.21. The van der Waals surface area contributed by atoms with Crippen LogP contribution in [0.2, 0.25) is 0 Å². The molecule has 0 bridgehead atoms. The zero-order chi connectivity index (χ0) is 22.8. The Morgan fingerprint density at radius 1 is 1.12 bits per heavy atom. The average Bonchev–Trinajstić information content (AvgIpc) is 3.65. The Morgan fingerprint density at radius 3 is 2.76 bits per heavy atom. The summed E-state index contributed by atoms with van der Waals surface area (Å²) in [7, 11) is -3.71. The number of aromatic nitrogens is 1. The summed E-state index contributed by atoms with van der Waals surface area (Å²) < 4.78 is 29.0. The molecule has 1 saturated carbocycles. The van der Waals surface area contributed by atoms with Gasteiger partial charge >= 0.3 is 0 Å². The zero-order valence-electron chi connectivity index (χ0n) is 18.1. The van der Waals surface area contributed by atoms with E-state index in [2.05, 4.69) is 20.0 Å². The average molecular weight is 463 g/mol. The molecule has 1 aliphatic heterocycles. The quantitative estimate of drug-likeness (QED) is 0.544. The van der Waals surface area contributed by atoms with Crippen LogP contribution in [0.25, 0.3) is 10.8 Å². The SMILES string of the molecule is O=C(Nc1ccc2cnccc2c1)C1CC1c1ccc(S(=O)(=O)/N=C/C2CCCNC2)cc1. The van der Waals surface area contributed by atoms with Crippen molar-refractivity contribution in [3.05, 3.63) is 66.5 Å². The van der Waals surface area contributed by atoms with Crippen LogP contribution >= 0.6 is 0 Å². The molecular formula is C25H26N4O3S. The van der Waals surface area contributed by atoms with Gasteiger partial charge in [-0.3, -0.25) is 9.78 Å². The topological polar surface area (TPSA) is 101 Å². The van der Waals surface area contributed by atoms with Gasteiger partial charge in [-0.05, 0) is 73.0 Å². The maximum absolute atomic E-state index is 12.7. The molecule has 8 heteroatoms. The van der Waals surface area contributed by atoms with Crippen LogP contribution in [0.5, 0.6) is 0 Å². The van der Waals surface area contributed by atoms with E-state index in [9.17, 15) is 13.2 Å². The van der Waals surface area contributed by atoms with E-state index >= 15 is 0 Å². The molecule has 2 N–H and O–H groups in total. The predicted molar refractivity (Wildman–Crippen MR) is 129 cm³/mol. The van der Waals surface area contributed by atoms with E-state index < -0.39 is 10.0 Å². The van der Waals surface area contributed by atoms with Crippen molar-refractivity contribution in [2.45, 2.75) is 30.1 Å². The van der Waals surface area contributed by atoms with Crippen molar-refractivity contribution < 1.29 is 13.2 Å². The van der Waals surface area contributed by atoms with E-state index in [1.807, 2.05) is 24.3 Å². The third kappa shape index (κ3) is 4.96. The van der Waals surface area contributed by atoms with Crippen molar-refractivity contribution >= 4 is 38.6 Å². The van der Waals surface area contributed by atoms with Crippen LogP contribution < -0.4 is 10.6 Å². The Hall–Kier alpha value is -3.10. The molecule has 1 saturated heterocycles. The van der Waals surface area contributed by atoms with Gasteiger partial charge in [0.15, 0.2) is 0 Å². The van der Waals surface area contributed by atoms with Crippen LogP contribution in [-0.2, 0) is 14.8 Å². The number of benzene rings is 2. The van der Waals surface area contributed by atoms with E-state index in [0.29, 0.717) is 0 Å². The fourth-order valence-corrected chi connectivity index (χ4v) is 5.30. The first kappa shape index (κ1) is 21.7. The lowest BCUT2D eigenvalue weighted by Gasteiger charge is -2.18. The molecule has 2 aliphatic rings. The molecule has 3 atom stereocenters. The Labute approximate surface area is 193 Å². The Kier molecular flexibility index (Phi) is 5.95. The summed E-state index contributed by atoms with van der Waals surface area (Å²) in [6.07, 6.45) is 7.81. The maximum atomic E-state index is 12.7. The second-order valence-corrected chi connectivity index (χ2v) is 10.4. The molecule has 33 heavy (non-hydrogen) atoms. The monoisotopic (exact) mass is 462 g/mol. The van der Waals surface area contributed by atoms with E-state index in [0.717, 1.165) is 54.4 Å². The van der Waals surface area contributed by atoms with Crippen LogP contribution in [-0.4, -0.2) is 38.6 Å². The molecule has 3 unspecified atom stereocenters. The molecule has 3 aromatic rings. The minimum atomic E-state index is -3.71. The van der Waals surface area contributed by atoms with Gasteiger partial charge in [0.25, 0.3) is 10.0 Å². The molecule has 1 amide bonds. The zero-order valence-corrected chi connectivity index (χ0v) is 19.0. The number of fused-ring (bicyclic) bond motifs is 1. The molecule has 170 valence electrons. The highest BCUT2D eigenvalue weighted by Gasteiger charge is 2.44. The number of carbonyl (C=O) groups is 1. The number of piperidine rings is 1. The normalized spacial score (nSPS) is 23.0. The fourth-order valence-electron chi connectivity index (χ4n) is 4.37. The van der Waals surface area contributed by atoms with Crippen molar-refractivity contribution in [1.29, 1.82) is 0 Å². The van der Waals surface area contributed by atoms with Crippen LogP contribution in [0.15, 0.2) is 70.2 Å². The number of carbonyl (C=O) groups excluding carboxylic acids is 1. The molecule has 7 nitrogen and oxygen atoms in total. The largest absolute Gasteiger partial charge is 0.326 e. The number of hydrogen-bond donors (Lipinski definition) is 2. The van der Waals surface area contributed by atoms with E-state index in [4.69, 9.17) is 0 Å². The second kappa shape index (κ2) is 9.03. The highest BCUT2D eigenvalue weighted by Crippen LogP contribution is 2.48. The van der Waals surface area contributed by atoms with Crippen molar-refractivity contribution in [2.75, 3.05) is 18.4 Å². The van der Waals surface area contributed by atoms with Gasteiger partial charge < -0.3 is 10.6 Å². The van der Waals surface area contributed by atoms with Crippen LogP contribution in [0.1, 0.15) is 30.7 Å². The van der Waals surface area contributed by atoms with Gasteiger partial charge in [-0.2, -0.15) is 12.8 Å². The number of nitrogens with zero attached hydrogens (tertiary/aromatic N) is 2. The van der Waals surface area contributed by atoms with Crippen LogP contribution in [0.4, 0.5) is 5.69 Å². The van der Waals surface area contributed by atoms with Crippen LogP contribution in [0, 0.1) is 11.8 Å². The van der Waals surface area contributed by atoms with Gasteiger partial charge in [0.2, 0.25) is 5.91 Å². The summed E-state index contributed by atoms with van der Waals surface area (Å²) >= 11 is 0. The molecule has 5 rings (SSSR count). The third-order valence-corrected chi connectivity index (χ3v) is 7.65. The van der Waals surface area contributed by atoms with Gasteiger partial charge in [0.1, 0.15) is 0 Å². The minimum absolute atomic E-state index is 0.0178. The summed E-state index contributed by atoms with van der Waals surface area (Å²) in [5.74, 6) is 0.120. The number of anilines is 1. The number of nitrogens with one attached hydrogen (secondary N) is 2. The number of pyridine rings is 1. The molecule has 2 heterocycles. The smallest absolute Gasteiger partial charge is 0.281 e. The highest BCUT2D eigenvalue weighted by molar-refractivity contribution is 7.90. The third-order valence-electron chi connectivity index (χ3n) is 6.39. The van der Waals surface area contributed by atoms with Gasteiger partial charge in [-0.15, -0.1) is 0 Å². The van der Waals surface area contributed by atoms with Crippen molar-refractivity contribution in [3.63, 3.8) is 0 Å². The van der Waals surface area contributed by atoms with Gasteiger partial charge in [-0.1, -0.05) is 18.2 Å². The number of hydrogen-bond acceptors (Lipinski definition) is 5. The Bertz CT molecular complexity index is 1300. The lowest BCUT2D eigenvalue weighted by molar-refractivity contribution is -0.117. The van der Waals surface area contributed by atoms with Gasteiger partial charge in [0.05, 0.1) is 4.90 Å². The molecule has 2 aromatic carbocycles. The van der Waals surface area contributed by atoms with E-state index in [1.165, 1.54) is 0 Å².